The predicted octanol–water partition coefficient (Wildman–Crippen LogP) is 3.42. The number of benzene rings is 2. The number of carbonyl (C=O) groups is 1. The van der Waals surface area contributed by atoms with E-state index in [4.69, 9.17) is 14.5 Å². The maximum atomic E-state index is 13.3. The number of ether oxygens (including phenoxy) is 2. The minimum Gasteiger partial charge on any atom is -0.493 e. The van der Waals surface area contributed by atoms with E-state index in [2.05, 4.69) is 0 Å². The Morgan fingerprint density at radius 1 is 1.06 bits per heavy atom. The third kappa shape index (κ3) is 5.02. The molecule has 8 heteroatoms. The van der Waals surface area contributed by atoms with Crippen molar-refractivity contribution in [3.05, 3.63) is 58.4 Å². The Hall–Kier alpha value is -3.00. The molecule has 3 rings (SSSR count). The molecule has 164 valence electrons. The molecule has 0 spiro atoms. The van der Waals surface area contributed by atoms with Crippen molar-refractivity contribution < 1.29 is 14.3 Å². The van der Waals surface area contributed by atoms with Gasteiger partial charge in [-0.05, 0) is 43.7 Å². The highest BCUT2D eigenvalue weighted by Gasteiger charge is 2.16. The fourth-order valence-electron chi connectivity index (χ4n) is 3.35. The third-order valence-corrected chi connectivity index (χ3v) is 6.02. The summed E-state index contributed by atoms with van der Waals surface area (Å²) < 4.78 is 12.3. The molecule has 0 aliphatic heterocycles. The van der Waals surface area contributed by atoms with Crippen LogP contribution in [-0.4, -0.2) is 53.4 Å². The average molecular weight is 442 g/mol. The molecule has 7 nitrogen and oxygen atoms in total. The molecule has 1 aromatic heterocycles. The molecule has 0 saturated carbocycles. The largest absolute Gasteiger partial charge is 0.493 e. The number of fused-ring (bicyclic) bond motifs is 1. The van der Waals surface area contributed by atoms with Gasteiger partial charge in [0.15, 0.2) is 16.7 Å². The zero-order chi connectivity index (χ0) is 22.4. The van der Waals surface area contributed by atoms with E-state index in [0.29, 0.717) is 47.2 Å². The Morgan fingerprint density at radius 2 is 1.77 bits per heavy atom. The van der Waals surface area contributed by atoms with E-state index < -0.39 is 0 Å². The molecule has 0 atom stereocenters. The number of amides is 1. The van der Waals surface area contributed by atoms with E-state index in [1.807, 2.05) is 50.2 Å². The molecule has 0 fully saturated rings. The number of methoxy groups -OCH3 is 2. The molecule has 0 radical (unpaired) electrons. The third-order valence-electron chi connectivity index (χ3n) is 5.06. The lowest BCUT2D eigenvalue weighted by atomic mass is 10.2. The van der Waals surface area contributed by atoms with Crippen molar-refractivity contribution >= 4 is 28.6 Å². The molecule has 0 N–H and O–H groups in total. The lowest BCUT2D eigenvalue weighted by Gasteiger charge is -2.19. The molecule has 0 unspecified atom stereocenters. The Labute approximate surface area is 186 Å². The van der Waals surface area contributed by atoms with E-state index in [1.54, 1.807) is 29.8 Å². The summed E-state index contributed by atoms with van der Waals surface area (Å²) in [6, 6.07) is 12.8. The number of thioether (sulfide) groups is 1. The van der Waals surface area contributed by atoms with Crippen molar-refractivity contribution in [3.63, 3.8) is 0 Å². The molecule has 0 aliphatic rings. The van der Waals surface area contributed by atoms with Gasteiger partial charge in [-0.3, -0.25) is 14.2 Å². The standard InChI is InChI=1S/C23H27N3O4S/c1-5-25(6-2)21(27)15-31-23-24-18-10-8-7-9-17(18)22(28)26(23)14-16-11-12-19(29-3)20(13-16)30-4/h7-13H,5-6,14-15H2,1-4H3. The van der Waals surface area contributed by atoms with Gasteiger partial charge in [-0.25, -0.2) is 4.98 Å². The summed E-state index contributed by atoms with van der Waals surface area (Å²) in [5.41, 5.74) is 1.35. The van der Waals surface area contributed by atoms with Gasteiger partial charge in [0, 0.05) is 13.1 Å². The zero-order valence-corrected chi connectivity index (χ0v) is 19.1. The van der Waals surface area contributed by atoms with Crippen molar-refractivity contribution in [1.29, 1.82) is 0 Å². The van der Waals surface area contributed by atoms with E-state index in [-0.39, 0.29) is 17.2 Å². The summed E-state index contributed by atoms with van der Waals surface area (Å²) >= 11 is 1.28. The van der Waals surface area contributed by atoms with Gasteiger partial charge in [-0.2, -0.15) is 0 Å². The topological polar surface area (TPSA) is 73.7 Å². The average Bonchev–Trinajstić information content (AvgIpc) is 2.80. The molecule has 1 heterocycles. The molecule has 2 aromatic carbocycles. The van der Waals surface area contributed by atoms with Gasteiger partial charge in [0.1, 0.15) is 0 Å². The summed E-state index contributed by atoms with van der Waals surface area (Å²) in [6.45, 7) is 5.51. The summed E-state index contributed by atoms with van der Waals surface area (Å²) in [4.78, 5) is 32.3. The molecule has 1 amide bonds. The van der Waals surface area contributed by atoms with Crippen LogP contribution in [0.5, 0.6) is 11.5 Å². The number of aromatic nitrogens is 2. The van der Waals surface area contributed by atoms with E-state index in [9.17, 15) is 9.59 Å². The molecule has 3 aromatic rings. The van der Waals surface area contributed by atoms with Crippen LogP contribution in [0, 0.1) is 0 Å². The second-order valence-corrected chi connectivity index (χ2v) is 7.79. The van der Waals surface area contributed by atoms with Gasteiger partial charge in [-0.15, -0.1) is 0 Å². The van der Waals surface area contributed by atoms with Gasteiger partial charge in [0.25, 0.3) is 5.56 Å². The van der Waals surface area contributed by atoms with Gasteiger partial charge in [0.2, 0.25) is 5.91 Å². The summed E-state index contributed by atoms with van der Waals surface area (Å²) in [5, 5.41) is 1.06. The SMILES string of the molecule is CCN(CC)C(=O)CSc1nc2ccccc2c(=O)n1Cc1ccc(OC)c(OC)c1. The van der Waals surface area contributed by atoms with Gasteiger partial charge in [-0.1, -0.05) is 30.0 Å². The van der Waals surface area contributed by atoms with Crippen LogP contribution >= 0.6 is 11.8 Å². The van der Waals surface area contributed by atoms with Gasteiger partial charge < -0.3 is 14.4 Å². The summed E-state index contributed by atoms with van der Waals surface area (Å²) in [6.07, 6.45) is 0. The second kappa shape index (κ2) is 10.3. The highest BCUT2D eigenvalue weighted by molar-refractivity contribution is 7.99. The highest BCUT2D eigenvalue weighted by atomic mass is 32.2. The fourth-order valence-corrected chi connectivity index (χ4v) is 4.25. The Bertz CT molecular complexity index is 1130. The molecular formula is C23H27N3O4S. The number of carbonyl (C=O) groups excluding carboxylic acids is 1. The molecular weight excluding hydrogens is 414 g/mol. The van der Waals surface area contributed by atoms with Crippen LogP contribution in [0.1, 0.15) is 19.4 Å². The number of hydrogen-bond acceptors (Lipinski definition) is 6. The van der Waals surface area contributed by atoms with Crippen molar-refractivity contribution in [1.82, 2.24) is 14.5 Å². The lowest BCUT2D eigenvalue weighted by molar-refractivity contribution is -0.127. The first-order chi connectivity index (χ1) is 15.0. The molecule has 0 bridgehead atoms. The Balaban J connectivity index is 2.00. The van der Waals surface area contributed by atoms with Crippen molar-refractivity contribution in [2.45, 2.75) is 25.5 Å². The number of para-hydroxylation sites is 1. The van der Waals surface area contributed by atoms with Crippen LogP contribution in [0.3, 0.4) is 0 Å². The fraction of sp³-hybridized carbons (Fsp3) is 0.348. The van der Waals surface area contributed by atoms with E-state index in [1.165, 1.54) is 11.8 Å². The van der Waals surface area contributed by atoms with Crippen LogP contribution in [0.4, 0.5) is 0 Å². The van der Waals surface area contributed by atoms with Crippen molar-refractivity contribution in [3.8, 4) is 11.5 Å². The maximum absolute atomic E-state index is 13.3. The smallest absolute Gasteiger partial charge is 0.262 e. The molecule has 31 heavy (non-hydrogen) atoms. The summed E-state index contributed by atoms with van der Waals surface area (Å²) in [7, 11) is 3.16. The van der Waals surface area contributed by atoms with Crippen LogP contribution in [0.2, 0.25) is 0 Å². The monoisotopic (exact) mass is 441 g/mol. The first-order valence-electron chi connectivity index (χ1n) is 10.1. The second-order valence-electron chi connectivity index (χ2n) is 6.85. The van der Waals surface area contributed by atoms with Crippen molar-refractivity contribution in [2.24, 2.45) is 0 Å². The number of nitrogens with zero attached hydrogens (tertiary/aromatic N) is 3. The Kier molecular flexibility index (Phi) is 7.57. The van der Waals surface area contributed by atoms with Gasteiger partial charge >= 0.3 is 0 Å². The van der Waals surface area contributed by atoms with E-state index >= 15 is 0 Å². The maximum Gasteiger partial charge on any atom is 0.262 e. The van der Waals surface area contributed by atoms with Crippen LogP contribution < -0.4 is 15.0 Å². The van der Waals surface area contributed by atoms with Crippen LogP contribution in [0.15, 0.2) is 52.4 Å². The minimum absolute atomic E-state index is 0.0232. The molecule has 0 saturated heterocycles. The zero-order valence-electron chi connectivity index (χ0n) is 18.3. The van der Waals surface area contributed by atoms with Crippen LogP contribution in [0.25, 0.3) is 10.9 Å². The number of rotatable bonds is 9. The lowest BCUT2D eigenvalue weighted by Crippen LogP contribution is -2.32. The molecule has 0 aliphatic carbocycles. The first kappa shape index (κ1) is 22.7. The first-order valence-corrected chi connectivity index (χ1v) is 11.1. The van der Waals surface area contributed by atoms with Crippen molar-refractivity contribution in [2.75, 3.05) is 33.1 Å². The Morgan fingerprint density at radius 3 is 2.45 bits per heavy atom. The van der Waals surface area contributed by atoms with E-state index in [0.717, 1.165) is 5.56 Å². The highest BCUT2D eigenvalue weighted by Crippen LogP contribution is 2.28. The minimum atomic E-state index is -0.141. The number of hydrogen-bond donors (Lipinski definition) is 0. The summed E-state index contributed by atoms with van der Waals surface area (Å²) in [5.74, 6) is 1.45. The normalized spacial score (nSPS) is 10.8. The quantitative estimate of drug-likeness (QED) is 0.374. The van der Waals surface area contributed by atoms with Crippen LogP contribution in [-0.2, 0) is 11.3 Å². The van der Waals surface area contributed by atoms with Gasteiger partial charge in [0.05, 0.1) is 37.4 Å². The predicted molar refractivity (Wildman–Crippen MR) is 123 cm³/mol.